The lowest BCUT2D eigenvalue weighted by atomic mass is 10.0. The molecule has 0 unspecified atom stereocenters. The number of aromatic amines is 1. The maximum atomic E-state index is 12.4. The van der Waals surface area contributed by atoms with Crippen molar-refractivity contribution in [3.05, 3.63) is 47.2 Å². The molecule has 3 amide bonds. The van der Waals surface area contributed by atoms with E-state index in [1.165, 1.54) is 12.2 Å². The number of hydrogen-bond acceptors (Lipinski definition) is 10. The zero-order valence-electron chi connectivity index (χ0n) is 23.9. The third kappa shape index (κ3) is 6.68. The molecule has 2 aliphatic rings. The molecule has 0 spiro atoms. The topological polar surface area (TPSA) is 169 Å². The normalized spacial score (nSPS) is 17.0. The van der Waals surface area contributed by atoms with Gasteiger partial charge < -0.3 is 20.5 Å². The van der Waals surface area contributed by atoms with Crippen LogP contribution in [0.2, 0.25) is 0 Å². The first-order chi connectivity index (χ1) is 20.3. The minimum Gasteiger partial charge on any atom is -0.496 e. The van der Waals surface area contributed by atoms with Crippen molar-refractivity contribution >= 4 is 34.6 Å². The Bertz CT molecular complexity index is 1480. The Morgan fingerprint density at radius 2 is 2.00 bits per heavy atom. The van der Waals surface area contributed by atoms with E-state index in [0.717, 1.165) is 53.3 Å². The lowest BCUT2D eigenvalue weighted by molar-refractivity contribution is -0.137. The number of hydrogen-bond donors (Lipinski definition) is 3. The summed E-state index contributed by atoms with van der Waals surface area (Å²) in [6.45, 7) is 4.95. The molecule has 1 atom stereocenters. The zero-order chi connectivity index (χ0) is 29.6. The Kier molecular flexibility index (Phi) is 8.96. The average molecular weight is 577 g/mol. The van der Waals surface area contributed by atoms with Gasteiger partial charge in [-0.1, -0.05) is 25.5 Å². The van der Waals surface area contributed by atoms with E-state index < -0.39 is 0 Å². The number of carbonyl (C=O) groups is 3. The highest BCUT2D eigenvalue weighted by molar-refractivity contribution is 6.13. The van der Waals surface area contributed by atoms with Gasteiger partial charge in [-0.3, -0.25) is 29.3 Å². The summed E-state index contributed by atoms with van der Waals surface area (Å²) in [5.41, 5.74) is 10.1. The lowest BCUT2D eigenvalue weighted by Crippen LogP contribution is -2.39. The van der Waals surface area contributed by atoms with Crippen LogP contribution in [0.3, 0.4) is 0 Å². The number of nitrogens with one attached hydrogen (secondary N) is 2. The van der Waals surface area contributed by atoms with Crippen LogP contribution in [0.5, 0.6) is 11.8 Å². The Morgan fingerprint density at radius 1 is 1.19 bits per heavy atom. The molecule has 42 heavy (non-hydrogen) atoms. The number of likely N-dealkylation sites (tertiary alicyclic amines) is 1. The van der Waals surface area contributed by atoms with Gasteiger partial charge in [-0.05, 0) is 24.5 Å². The van der Waals surface area contributed by atoms with Gasteiger partial charge in [-0.25, -0.2) is 0 Å². The highest BCUT2D eigenvalue weighted by Crippen LogP contribution is 2.28. The van der Waals surface area contributed by atoms with Crippen molar-refractivity contribution in [2.75, 3.05) is 39.1 Å². The van der Waals surface area contributed by atoms with E-state index in [9.17, 15) is 14.4 Å². The van der Waals surface area contributed by atoms with E-state index >= 15 is 0 Å². The molecule has 0 bridgehead atoms. The number of anilines is 1. The summed E-state index contributed by atoms with van der Waals surface area (Å²) in [5, 5.41) is 10.4. The predicted octanol–water partition coefficient (Wildman–Crippen LogP) is 1.72. The minimum absolute atomic E-state index is 0.0145. The van der Waals surface area contributed by atoms with Crippen molar-refractivity contribution in [1.29, 1.82) is 0 Å². The number of aromatic nitrogens is 4. The van der Waals surface area contributed by atoms with E-state index in [1.54, 1.807) is 7.11 Å². The molecule has 0 saturated carbocycles. The minimum atomic E-state index is -0.376. The van der Waals surface area contributed by atoms with Gasteiger partial charge in [0.1, 0.15) is 11.3 Å². The predicted molar refractivity (Wildman–Crippen MR) is 155 cm³/mol. The van der Waals surface area contributed by atoms with Crippen molar-refractivity contribution < 1.29 is 23.9 Å². The van der Waals surface area contributed by atoms with Crippen molar-refractivity contribution in [3.8, 4) is 11.8 Å². The smallest absolute Gasteiger partial charge is 0.319 e. The summed E-state index contributed by atoms with van der Waals surface area (Å²) in [7, 11) is 1.65. The molecule has 1 fully saturated rings. The molecule has 1 saturated heterocycles. The first-order valence-electron chi connectivity index (χ1n) is 14.2. The Balaban J connectivity index is 1.17. The second-order valence-electron chi connectivity index (χ2n) is 10.5. The molecule has 1 aromatic carbocycles. The van der Waals surface area contributed by atoms with Crippen LogP contribution in [0.15, 0.2) is 30.4 Å². The van der Waals surface area contributed by atoms with E-state index in [1.807, 2.05) is 12.1 Å². The summed E-state index contributed by atoms with van der Waals surface area (Å²) in [6.07, 6.45) is 5.78. The number of H-pyrrole nitrogens is 1. The van der Waals surface area contributed by atoms with Crippen LogP contribution in [0.1, 0.15) is 49.4 Å². The van der Waals surface area contributed by atoms with Gasteiger partial charge in [0.05, 0.1) is 19.4 Å². The van der Waals surface area contributed by atoms with Gasteiger partial charge in [0.15, 0.2) is 11.3 Å². The summed E-state index contributed by atoms with van der Waals surface area (Å²) in [6, 6.07) is 6.40. The van der Waals surface area contributed by atoms with Crippen LogP contribution < -0.4 is 20.5 Å². The number of nitrogen functional groups attached to an aromatic ring is 1. The summed E-state index contributed by atoms with van der Waals surface area (Å²) in [5.74, 6) is 0.101. The first-order valence-corrected chi connectivity index (χ1v) is 14.2. The Labute approximate surface area is 243 Å². The molecule has 0 aliphatic carbocycles. The van der Waals surface area contributed by atoms with Gasteiger partial charge in [0.25, 0.3) is 11.8 Å². The average Bonchev–Trinajstić information content (AvgIpc) is 3.67. The highest BCUT2D eigenvalue weighted by atomic mass is 16.5. The van der Waals surface area contributed by atoms with E-state index in [2.05, 4.69) is 43.4 Å². The number of fused-ring (bicyclic) bond motifs is 1. The molecular weight excluding hydrogens is 540 g/mol. The first kappa shape index (κ1) is 29.0. The number of methoxy groups -OCH3 is 1. The Hall–Kier alpha value is -4.52. The maximum Gasteiger partial charge on any atom is 0.319 e. The van der Waals surface area contributed by atoms with Crippen LogP contribution in [-0.4, -0.2) is 87.1 Å². The molecule has 4 N–H and O–H groups in total. The number of ether oxygens (including phenoxy) is 2. The van der Waals surface area contributed by atoms with Crippen molar-refractivity contribution in [1.82, 2.24) is 35.3 Å². The fourth-order valence-corrected chi connectivity index (χ4v) is 5.18. The number of imide groups is 1. The van der Waals surface area contributed by atoms with Crippen LogP contribution in [0.25, 0.3) is 11.0 Å². The monoisotopic (exact) mass is 576 g/mol. The number of carbonyl (C=O) groups excluding carboxylic acids is 3. The van der Waals surface area contributed by atoms with Gasteiger partial charge in [-0.15, -0.1) is 0 Å². The van der Waals surface area contributed by atoms with Crippen molar-refractivity contribution in [2.24, 2.45) is 0 Å². The number of nitrogens with zero attached hydrogens (tertiary/aromatic N) is 5. The third-order valence-electron chi connectivity index (χ3n) is 7.43. The molecule has 13 heteroatoms. The largest absolute Gasteiger partial charge is 0.496 e. The quantitative estimate of drug-likeness (QED) is 0.201. The zero-order valence-corrected chi connectivity index (χ0v) is 23.9. The van der Waals surface area contributed by atoms with E-state index in [0.29, 0.717) is 37.2 Å². The molecule has 2 aliphatic heterocycles. The molecule has 2 aromatic heterocycles. The van der Waals surface area contributed by atoms with Crippen LogP contribution in [-0.2, 0) is 27.3 Å². The third-order valence-corrected chi connectivity index (χ3v) is 7.43. The number of nitrogens with two attached hydrogens (primary N) is 1. The fraction of sp³-hybridized carbons (Fsp3) is 0.448. The van der Waals surface area contributed by atoms with Crippen molar-refractivity contribution in [2.45, 2.75) is 51.6 Å². The van der Waals surface area contributed by atoms with Crippen LogP contribution in [0, 0.1) is 0 Å². The number of benzene rings is 1. The van der Waals surface area contributed by atoms with Crippen LogP contribution >= 0.6 is 0 Å². The maximum absolute atomic E-state index is 12.4. The molecular formula is C29H36N8O5. The summed E-state index contributed by atoms with van der Waals surface area (Å²) >= 11 is 0. The Morgan fingerprint density at radius 3 is 2.76 bits per heavy atom. The van der Waals surface area contributed by atoms with E-state index in [4.69, 9.17) is 15.2 Å². The summed E-state index contributed by atoms with van der Waals surface area (Å²) < 4.78 is 11.4. The highest BCUT2D eigenvalue weighted by Gasteiger charge is 2.27. The molecule has 222 valence electrons. The summed E-state index contributed by atoms with van der Waals surface area (Å²) in [4.78, 5) is 47.9. The van der Waals surface area contributed by atoms with Crippen molar-refractivity contribution in [3.63, 3.8) is 0 Å². The van der Waals surface area contributed by atoms with E-state index in [-0.39, 0.29) is 48.6 Å². The molecule has 13 nitrogen and oxygen atoms in total. The number of rotatable bonds is 13. The second kappa shape index (κ2) is 13.0. The molecule has 5 rings (SSSR count). The molecule has 3 aromatic rings. The van der Waals surface area contributed by atoms with Crippen LogP contribution in [0.4, 0.5) is 5.82 Å². The number of unbranched alkanes of at least 4 members (excludes halogenated alkanes) is 1. The number of amides is 3. The van der Waals surface area contributed by atoms with Gasteiger partial charge in [0, 0.05) is 62.8 Å². The molecule has 4 heterocycles. The fourth-order valence-electron chi connectivity index (χ4n) is 5.18. The lowest BCUT2D eigenvalue weighted by Gasteiger charge is -2.18. The SMILES string of the molecule is CCCCOc1nc(N)c2n[nH]c(Cc3ccc(CN4CC[C@H](NC(=O)CCN5C(=O)C=CC5=O)C4)cc3OC)c2n1. The van der Waals surface area contributed by atoms with Gasteiger partial charge in [0.2, 0.25) is 5.91 Å². The molecule has 0 radical (unpaired) electrons. The standard InChI is InChI=1S/C29H36N8O5/c1-3-4-13-42-29-32-26-21(34-35-27(26)28(30)33-29)15-19-6-5-18(14-22(19)41-2)16-36-11-9-20(17-36)31-23(38)10-12-37-24(39)7-8-25(37)40/h5-8,14,20H,3-4,9-13,15-17H2,1-2H3,(H,31,38)(H,34,35)(H2,30,32,33)/t20-/m0/s1. The second-order valence-corrected chi connectivity index (χ2v) is 10.5. The van der Waals surface area contributed by atoms with Gasteiger partial charge >= 0.3 is 6.01 Å². The van der Waals surface area contributed by atoms with Gasteiger partial charge in [-0.2, -0.15) is 15.1 Å².